The van der Waals surface area contributed by atoms with Crippen molar-refractivity contribution < 1.29 is 4.84 Å². The van der Waals surface area contributed by atoms with Crippen LogP contribution in [0.1, 0.15) is 5.56 Å². The lowest BCUT2D eigenvalue weighted by atomic mass is 10.2. The SMILES string of the molecule is O=c1nc(Nc2ccccc2)c2cc(Br)cnc2n1OCc1ccccc1. The zero-order chi connectivity index (χ0) is 18.6. The summed E-state index contributed by atoms with van der Waals surface area (Å²) in [6.07, 6.45) is 1.62. The van der Waals surface area contributed by atoms with Gasteiger partial charge in [0, 0.05) is 16.4 Å². The summed E-state index contributed by atoms with van der Waals surface area (Å²) in [6, 6.07) is 21.0. The lowest BCUT2D eigenvalue weighted by molar-refractivity contribution is 0.0950. The van der Waals surface area contributed by atoms with E-state index in [1.165, 1.54) is 0 Å². The third-order valence-corrected chi connectivity index (χ3v) is 4.34. The molecule has 0 atom stereocenters. The first-order valence-corrected chi connectivity index (χ1v) is 9.07. The van der Waals surface area contributed by atoms with Crippen molar-refractivity contribution in [3.8, 4) is 0 Å². The van der Waals surface area contributed by atoms with E-state index >= 15 is 0 Å². The Bertz CT molecular complexity index is 1130. The molecule has 0 bridgehead atoms. The minimum Gasteiger partial charge on any atom is -0.403 e. The van der Waals surface area contributed by atoms with Crippen LogP contribution in [0.15, 0.2) is 82.2 Å². The Morgan fingerprint density at radius 1 is 1.04 bits per heavy atom. The first-order chi connectivity index (χ1) is 13.2. The van der Waals surface area contributed by atoms with Gasteiger partial charge in [-0.3, -0.25) is 0 Å². The van der Waals surface area contributed by atoms with Crippen LogP contribution in [0.25, 0.3) is 11.0 Å². The molecule has 134 valence electrons. The highest BCUT2D eigenvalue weighted by Crippen LogP contribution is 2.24. The lowest BCUT2D eigenvalue weighted by Gasteiger charge is -2.14. The maximum atomic E-state index is 12.6. The maximum Gasteiger partial charge on any atom is 0.384 e. The Hall–Kier alpha value is -3.19. The molecule has 0 spiro atoms. The number of anilines is 2. The molecule has 4 rings (SSSR count). The summed E-state index contributed by atoms with van der Waals surface area (Å²) in [5, 5.41) is 3.84. The molecule has 0 radical (unpaired) electrons. The Labute approximate surface area is 163 Å². The van der Waals surface area contributed by atoms with Gasteiger partial charge in [0.05, 0.1) is 5.39 Å². The van der Waals surface area contributed by atoms with Crippen molar-refractivity contribution in [1.82, 2.24) is 14.7 Å². The standard InChI is InChI=1S/C20H15BrN4O2/c21-15-11-17-18(23-16-9-5-2-6-10-16)24-20(26)25(19(17)22-12-15)27-13-14-7-3-1-4-8-14/h1-12H,13H2,(H,23,24,26). The number of aromatic nitrogens is 3. The number of hydrogen-bond donors (Lipinski definition) is 1. The van der Waals surface area contributed by atoms with Crippen molar-refractivity contribution in [1.29, 1.82) is 0 Å². The van der Waals surface area contributed by atoms with Gasteiger partial charge in [-0.25, -0.2) is 9.78 Å². The highest BCUT2D eigenvalue weighted by molar-refractivity contribution is 9.10. The van der Waals surface area contributed by atoms with Gasteiger partial charge < -0.3 is 10.2 Å². The molecule has 0 aliphatic carbocycles. The third-order valence-electron chi connectivity index (χ3n) is 3.90. The van der Waals surface area contributed by atoms with Gasteiger partial charge >= 0.3 is 5.69 Å². The first-order valence-electron chi connectivity index (χ1n) is 8.28. The molecule has 27 heavy (non-hydrogen) atoms. The summed E-state index contributed by atoms with van der Waals surface area (Å²) in [7, 11) is 0. The number of halogens is 1. The summed E-state index contributed by atoms with van der Waals surface area (Å²) >= 11 is 3.42. The van der Waals surface area contributed by atoms with Gasteiger partial charge in [-0.1, -0.05) is 48.5 Å². The Balaban J connectivity index is 1.76. The van der Waals surface area contributed by atoms with Crippen LogP contribution in [-0.4, -0.2) is 14.7 Å². The molecule has 2 heterocycles. The molecule has 0 aliphatic rings. The van der Waals surface area contributed by atoms with Gasteiger partial charge in [-0.05, 0) is 39.7 Å². The van der Waals surface area contributed by atoms with Crippen LogP contribution in [0, 0.1) is 0 Å². The number of para-hydroxylation sites is 1. The van der Waals surface area contributed by atoms with E-state index in [1.807, 2.05) is 66.7 Å². The second kappa shape index (κ2) is 7.59. The molecule has 4 aromatic rings. The Morgan fingerprint density at radius 3 is 2.48 bits per heavy atom. The summed E-state index contributed by atoms with van der Waals surface area (Å²) in [5.41, 5.74) is 1.63. The number of nitrogens with zero attached hydrogens (tertiary/aromatic N) is 3. The van der Waals surface area contributed by atoms with E-state index in [-0.39, 0.29) is 6.61 Å². The summed E-state index contributed by atoms with van der Waals surface area (Å²) < 4.78 is 1.91. The van der Waals surface area contributed by atoms with Crippen molar-refractivity contribution >= 4 is 38.5 Å². The van der Waals surface area contributed by atoms with Crippen LogP contribution < -0.4 is 15.8 Å². The first kappa shape index (κ1) is 17.2. The highest BCUT2D eigenvalue weighted by atomic mass is 79.9. The molecule has 2 aromatic heterocycles. The van der Waals surface area contributed by atoms with E-state index in [1.54, 1.807) is 6.20 Å². The van der Waals surface area contributed by atoms with Crippen LogP contribution in [0.2, 0.25) is 0 Å². The van der Waals surface area contributed by atoms with Crippen molar-refractivity contribution in [2.24, 2.45) is 0 Å². The Morgan fingerprint density at radius 2 is 1.74 bits per heavy atom. The van der Waals surface area contributed by atoms with Crippen molar-refractivity contribution in [2.45, 2.75) is 6.61 Å². The fourth-order valence-electron chi connectivity index (χ4n) is 2.64. The Kier molecular flexibility index (Phi) is 4.84. The molecule has 0 aliphatic heterocycles. The van der Waals surface area contributed by atoms with Crippen LogP contribution in [0.5, 0.6) is 0 Å². The van der Waals surface area contributed by atoms with Crippen molar-refractivity contribution in [3.63, 3.8) is 0 Å². The van der Waals surface area contributed by atoms with Gasteiger partial charge in [0.1, 0.15) is 12.4 Å². The monoisotopic (exact) mass is 422 g/mol. The molecular weight excluding hydrogens is 408 g/mol. The lowest BCUT2D eigenvalue weighted by Crippen LogP contribution is -2.30. The zero-order valence-corrected chi connectivity index (χ0v) is 15.8. The molecule has 0 fully saturated rings. The van der Waals surface area contributed by atoms with Gasteiger partial charge in [-0.15, -0.1) is 4.73 Å². The van der Waals surface area contributed by atoms with Gasteiger partial charge in [0.2, 0.25) is 0 Å². The molecular formula is C20H15BrN4O2. The minimum absolute atomic E-state index is 0.237. The number of pyridine rings is 1. The zero-order valence-electron chi connectivity index (χ0n) is 14.2. The molecule has 7 heteroatoms. The largest absolute Gasteiger partial charge is 0.403 e. The fraction of sp³-hybridized carbons (Fsp3) is 0.0500. The highest BCUT2D eigenvalue weighted by Gasteiger charge is 2.14. The van der Waals surface area contributed by atoms with E-state index in [2.05, 4.69) is 31.2 Å². The maximum absolute atomic E-state index is 12.6. The van der Waals surface area contributed by atoms with Crippen LogP contribution in [0.3, 0.4) is 0 Å². The number of nitrogens with one attached hydrogen (secondary N) is 1. The fourth-order valence-corrected chi connectivity index (χ4v) is 2.97. The van der Waals surface area contributed by atoms with Gasteiger partial charge in [-0.2, -0.15) is 4.98 Å². The normalized spacial score (nSPS) is 10.7. The third kappa shape index (κ3) is 3.83. The van der Waals surface area contributed by atoms with E-state index in [4.69, 9.17) is 4.84 Å². The summed E-state index contributed by atoms with van der Waals surface area (Å²) in [5.74, 6) is 0.426. The average Bonchev–Trinajstić information content (AvgIpc) is 2.69. The van der Waals surface area contributed by atoms with Gasteiger partial charge in [0.15, 0.2) is 5.65 Å². The smallest absolute Gasteiger partial charge is 0.384 e. The molecule has 6 nitrogen and oxygen atoms in total. The van der Waals surface area contributed by atoms with Crippen molar-refractivity contribution in [2.75, 3.05) is 5.32 Å². The predicted molar refractivity (Wildman–Crippen MR) is 108 cm³/mol. The number of rotatable bonds is 5. The second-order valence-electron chi connectivity index (χ2n) is 5.81. The predicted octanol–water partition coefficient (Wildman–Crippen LogP) is 3.93. The number of hydrogen-bond acceptors (Lipinski definition) is 5. The number of benzene rings is 2. The summed E-state index contributed by atoms with van der Waals surface area (Å²) in [6.45, 7) is 0.237. The van der Waals surface area contributed by atoms with E-state index < -0.39 is 5.69 Å². The molecule has 0 unspecified atom stereocenters. The molecule has 0 amide bonds. The molecule has 0 saturated heterocycles. The average molecular weight is 423 g/mol. The van der Waals surface area contributed by atoms with Crippen LogP contribution in [-0.2, 0) is 6.61 Å². The molecule has 2 aromatic carbocycles. The van der Waals surface area contributed by atoms with Gasteiger partial charge in [0.25, 0.3) is 0 Å². The summed E-state index contributed by atoms with van der Waals surface area (Å²) in [4.78, 5) is 26.8. The molecule has 1 N–H and O–H groups in total. The molecule has 0 saturated carbocycles. The quantitative estimate of drug-likeness (QED) is 0.527. The second-order valence-corrected chi connectivity index (χ2v) is 6.73. The van der Waals surface area contributed by atoms with Crippen LogP contribution >= 0.6 is 15.9 Å². The van der Waals surface area contributed by atoms with Crippen LogP contribution in [0.4, 0.5) is 11.5 Å². The topological polar surface area (TPSA) is 69.0 Å². The van der Waals surface area contributed by atoms with E-state index in [0.717, 1.165) is 20.5 Å². The minimum atomic E-state index is -0.535. The van der Waals surface area contributed by atoms with Crippen molar-refractivity contribution in [3.05, 3.63) is 93.4 Å². The number of fused-ring (bicyclic) bond motifs is 1. The van der Waals surface area contributed by atoms with E-state index in [9.17, 15) is 4.79 Å². The van der Waals surface area contributed by atoms with E-state index in [0.29, 0.717) is 16.9 Å².